The van der Waals surface area contributed by atoms with E-state index in [0.29, 0.717) is 5.69 Å². The Labute approximate surface area is 269 Å². The van der Waals surface area contributed by atoms with Crippen LogP contribution in [-0.4, -0.2) is 91.8 Å². The van der Waals surface area contributed by atoms with Gasteiger partial charge in [0.25, 0.3) is 0 Å². The van der Waals surface area contributed by atoms with Gasteiger partial charge in [0.15, 0.2) is 5.60 Å². The van der Waals surface area contributed by atoms with E-state index in [0.717, 1.165) is 16.3 Å². The molecule has 4 atom stereocenters. The number of imidazole rings is 1. The fourth-order valence-corrected chi connectivity index (χ4v) is 5.64. The van der Waals surface area contributed by atoms with E-state index in [-0.39, 0.29) is 50.7 Å². The molecule has 6 N–H and O–H groups in total. The molecule has 0 saturated heterocycles. The minimum Gasteiger partial charge on any atom is -0.479 e. The smallest absolute Gasteiger partial charge is 0.338 e. The highest BCUT2D eigenvalue weighted by Crippen LogP contribution is 2.27. The van der Waals surface area contributed by atoms with Gasteiger partial charge >= 0.3 is 5.97 Å². The van der Waals surface area contributed by atoms with Crippen molar-refractivity contribution >= 4 is 34.5 Å². The van der Waals surface area contributed by atoms with E-state index in [4.69, 9.17) is 0 Å². The van der Waals surface area contributed by atoms with Crippen molar-refractivity contribution in [2.24, 2.45) is 17.8 Å². The average Bonchev–Trinajstić information content (AvgIpc) is 3.52. The standard InChI is InChI=1S/C34H47N5O7/c1-21(2)15-29(34(46,22(3)4)33(44)45)38-32(43)28(18-26-19-35-20-36-26)37-31(42)25(17-30(41)39(5)13-14-40)16-24-11-8-10-23-9-6-7-12-27(23)24/h6-12,19-22,25,28-29,40,46H,13-18H2,1-5H3,(H,35,36)(H,37,42)(H,38,43)(H,44,45)/t25?,28-,29-,34?/m0/s1. The number of aliphatic hydroxyl groups excluding tert-OH is 1. The van der Waals surface area contributed by atoms with Gasteiger partial charge in [0.1, 0.15) is 6.04 Å². The normalized spacial score (nSPS) is 14.8. The highest BCUT2D eigenvalue weighted by Gasteiger charge is 2.48. The van der Waals surface area contributed by atoms with E-state index in [9.17, 15) is 34.5 Å². The first kappa shape index (κ1) is 36.2. The maximum absolute atomic E-state index is 14.0. The van der Waals surface area contributed by atoms with Crippen LogP contribution in [0.15, 0.2) is 55.0 Å². The van der Waals surface area contributed by atoms with Crippen molar-refractivity contribution in [2.75, 3.05) is 20.2 Å². The molecule has 0 aliphatic heterocycles. The molecule has 0 fully saturated rings. The molecule has 12 heteroatoms. The molecule has 250 valence electrons. The molecule has 3 aromatic rings. The molecule has 12 nitrogen and oxygen atoms in total. The van der Waals surface area contributed by atoms with Gasteiger partial charge in [-0.1, -0.05) is 70.2 Å². The maximum atomic E-state index is 14.0. The van der Waals surface area contributed by atoms with Crippen molar-refractivity contribution in [2.45, 2.75) is 71.1 Å². The number of nitrogens with zero attached hydrogens (tertiary/aromatic N) is 2. The SMILES string of the molecule is CC(C)C[C@H](NC(=O)[C@H](Cc1c[nH]cn1)NC(=O)C(CC(=O)N(C)CCO)Cc1cccc2ccccc12)C(O)(C(=O)O)C(C)C. The molecule has 1 heterocycles. The summed E-state index contributed by atoms with van der Waals surface area (Å²) in [7, 11) is 1.55. The number of carboxylic acid groups (broad SMARTS) is 1. The summed E-state index contributed by atoms with van der Waals surface area (Å²) in [4.78, 5) is 61.7. The van der Waals surface area contributed by atoms with Crippen LogP contribution < -0.4 is 10.6 Å². The number of amides is 3. The Bertz CT molecular complexity index is 1470. The van der Waals surface area contributed by atoms with Gasteiger partial charge < -0.3 is 35.8 Å². The van der Waals surface area contributed by atoms with Crippen molar-refractivity contribution in [1.29, 1.82) is 0 Å². The summed E-state index contributed by atoms with van der Waals surface area (Å²) in [5, 5.41) is 38.1. The number of fused-ring (bicyclic) bond motifs is 1. The van der Waals surface area contributed by atoms with E-state index >= 15 is 0 Å². The van der Waals surface area contributed by atoms with Crippen molar-refractivity contribution in [1.82, 2.24) is 25.5 Å². The summed E-state index contributed by atoms with van der Waals surface area (Å²) < 4.78 is 0. The first-order chi connectivity index (χ1) is 21.8. The molecular formula is C34H47N5O7. The van der Waals surface area contributed by atoms with E-state index in [1.165, 1.54) is 11.2 Å². The number of nitrogens with one attached hydrogen (secondary N) is 3. The van der Waals surface area contributed by atoms with Gasteiger partial charge in [-0.15, -0.1) is 0 Å². The van der Waals surface area contributed by atoms with Crippen molar-refractivity contribution in [3.8, 4) is 0 Å². The minimum atomic E-state index is -2.26. The van der Waals surface area contributed by atoms with Crippen LogP contribution in [0.25, 0.3) is 10.8 Å². The Morgan fingerprint density at radius 2 is 1.67 bits per heavy atom. The predicted molar refractivity (Wildman–Crippen MR) is 174 cm³/mol. The number of aliphatic carboxylic acids is 1. The van der Waals surface area contributed by atoms with Crippen LogP contribution in [-0.2, 0) is 32.0 Å². The third kappa shape index (κ3) is 9.13. The molecule has 3 amide bonds. The number of carbonyl (C=O) groups is 4. The summed E-state index contributed by atoms with van der Waals surface area (Å²) in [6, 6.07) is 11.1. The monoisotopic (exact) mass is 637 g/mol. The first-order valence-corrected chi connectivity index (χ1v) is 15.6. The fourth-order valence-electron chi connectivity index (χ4n) is 5.64. The van der Waals surface area contributed by atoms with Crippen molar-refractivity contribution in [3.05, 3.63) is 66.2 Å². The van der Waals surface area contributed by atoms with Gasteiger partial charge in [-0.05, 0) is 41.0 Å². The molecular weight excluding hydrogens is 590 g/mol. The second kappa shape index (κ2) is 16.3. The lowest BCUT2D eigenvalue weighted by Gasteiger charge is -2.38. The zero-order chi connectivity index (χ0) is 34.0. The number of likely N-dealkylation sites (N-methyl/N-ethyl adjacent to an activating group) is 1. The predicted octanol–water partition coefficient (Wildman–Crippen LogP) is 2.29. The number of hydrogen-bond acceptors (Lipinski definition) is 7. The van der Waals surface area contributed by atoms with E-state index in [1.807, 2.05) is 56.3 Å². The lowest BCUT2D eigenvalue weighted by molar-refractivity contribution is -0.169. The van der Waals surface area contributed by atoms with Gasteiger partial charge in [0, 0.05) is 32.6 Å². The number of aromatic amines is 1. The molecule has 0 spiro atoms. The molecule has 2 unspecified atom stereocenters. The summed E-state index contributed by atoms with van der Waals surface area (Å²) in [6.45, 7) is 6.72. The Kier molecular flexibility index (Phi) is 12.8. The van der Waals surface area contributed by atoms with E-state index < -0.39 is 47.3 Å². The quantitative estimate of drug-likeness (QED) is 0.130. The third-order valence-corrected chi connectivity index (χ3v) is 8.38. The molecule has 3 rings (SSSR count). The van der Waals surface area contributed by atoms with Gasteiger partial charge in [-0.25, -0.2) is 9.78 Å². The van der Waals surface area contributed by atoms with Gasteiger partial charge in [0.2, 0.25) is 17.7 Å². The lowest BCUT2D eigenvalue weighted by Crippen LogP contribution is -2.63. The van der Waals surface area contributed by atoms with E-state index in [2.05, 4.69) is 20.6 Å². The summed E-state index contributed by atoms with van der Waals surface area (Å²) in [5.74, 6) is -4.72. The van der Waals surface area contributed by atoms with Crippen LogP contribution in [0.1, 0.15) is 51.8 Å². The number of rotatable bonds is 17. The minimum absolute atomic E-state index is 0.0258. The third-order valence-electron chi connectivity index (χ3n) is 8.38. The van der Waals surface area contributed by atoms with Crippen LogP contribution in [0.5, 0.6) is 0 Å². The number of benzene rings is 2. The average molecular weight is 638 g/mol. The van der Waals surface area contributed by atoms with Crippen molar-refractivity contribution < 1.29 is 34.5 Å². The van der Waals surface area contributed by atoms with Gasteiger partial charge in [-0.3, -0.25) is 14.4 Å². The van der Waals surface area contributed by atoms with Gasteiger partial charge in [-0.2, -0.15) is 0 Å². The largest absolute Gasteiger partial charge is 0.479 e. The van der Waals surface area contributed by atoms with Crippen molar-refractivity contribution in [3.63, 3.8) is 0 Å². The van der Waals surface area contributed by atoms with Crippen LogP contribution in [0, 0.1) is 17.8 Å². The van der Waals surface area contributed by atoms with Crippen LogP contribution in [0.4, 0.5) is 0 Å². The number of hydrogen-bond donors (Lipinski definition) is 6. The molecule has 0 aliphatic carbocycles. The summed E-state index contributed by atoms with van der Waals surface area (Å²) in [6.07, 6.45) is 3.19. The zero-order valence-corrected chi connectivity index (χ0v) is 27.2. The number of aromatic nitrogens is 2. The highest BCUT2D eigenvalue weighted by molar-refractivity contribution is 5.92. The molecule has 0 saturated carbocycles. The second-order valence-electron chi connectivity index (χ2n) is 12.6. The number of aliphatic hydroxyl groups is 2. The highest BCUT2D eigenvalue weighted by atomic mass is 16.4. The fraction of sp³-hybridized carbons (Fsp3) is 0.500. The molecule has 2 aromatic carbocycles. The summed E-state index contributed by atoms with van der Waals surface area (Å²) >= 11 is 0. The Morgan fingerprint density at radius 3 is 2.28 bits per heavy atom. The topological polar surface area (TPSA) is 185 Å². The van der Waals surface area contributed by atoms with E-state index in [1.54, 1.807) is 27.1 Å². The van der Waals surface area contributed by atoms with Crippen LogP contribution in [0.3, 0.4) is 0 Å². The lowest BCUT2D eigenvalue weighted by atomic mass is 9.79. The Balaban J connectivity index is 1.96. The zero-order valence-electron chi connectivity index (χ0n) is 27.2. The maximum Gasteiger partial charge on any atom is 0.338 e. The number of carbonyl (C=O) groups excluding carboxylic acids is 3. The first-order valence-electron chi connectivity index (χ1n) is 15.6. The number of H-pyrrole nitrogens is 1. The van der Waals surface area contributed by atoms with Gasteiger partial charge in [0.05, 0.1) is 30.6 Å². The number of carboxylic acids is 1. The van der Waals surface area contributed by atoms with Crippen LogP contribution in [0.2, 0.25) is 0 Å². The Hall–Kier alpha value is -4.29. The molecule has 0 aliphatic rings. The summed E-state index contributed by atoms with van der Waals surface area (Å²) in [5.41, 5.74) is -0.936. The second-order valence-corrected chi connectivity index (χ2v) is 12.6. The van der Waals surface area contributed by atoms with Crippen LogP contribution >= 0.6 is 0 Å². The molecule has 0 radical (unpaired) electrons. The Morgan fingerprint density at radius 1 is 0.978 bits per heavy atom. The molecule has 1 aromatic heterocycles. The molecule has 0 bridgehead atoms. The molecule has 46 heavy (non-hydrogen) atoms.